The minimum Gasteiger partial charge on any atom is -0.306 e. The molecule has 3 rings (SSSR count). The fraction of sp³-hybridized carbons (Fsp3) is 0. The molecular weight excluding hydrogens is 216 g/mol. The number of nitrogens with one attached hydrogen (secondary N) is 1. The van der Waals surface area contributed by atoms with Gasteiger partial charge in [0.05, 0.1) is 10.9 Å². The third-order valence-electron chi connectivity index (χ3n) is 2.46. The zero-order valence-electron chi connectivity index (χ0n) is 8.79. The van der Waals surface area contributed by atoms with Crippen LogP contribution in [0.5, 0.6) is 0 Å². The van der Waals surface area contributed by atoms with Crippen molar-refractivity contribution >= 4 is 10.9 Å². The summed E-state index contributed by atoms with van der Waals surface area (Å²) in [4.78, 5) is 26.8. The Hall–Kier alpha value is -2.56. The van der Waals surface area contributed by atoms with E-state index < -0.39 is 0 Å². The van der Waals surface area contributed by atoms with E-state index >= 15 is 0 Å². The van der Waals surface area contributed by atoms with Gasteiger partial charge in [0.1, 0.15) is 5.82 Å². The van der Waals surface area contributed by atoms with Crippen LogP contribution in [0.15, 0.2) is 47.8 Å². The van der Waals surface area contributed by atoms with Crippen molar-refractivity contribution in [3.8, 4) is 11.4 Å². The molecule has 0 unspecified atom stereocenters. The van der Waals surface area contributed by atoms with Crippen LogP contribution in [0.25, 0.3) is 22.3 Å². The van der Waals surface area contributed by atoms with Crippen molar-refractivity contribution in [2.24, 2.45) is 0 Å². The number of fused-ring (bicyclic) bond motifs is 1. The second kappa shape index (κ2) is 3.79. The second-order valence-corrected chi connectivity index (χ2v) is 3.54. The van der Waals surface area contributed by atoms with Crippen LogP contribution >= 0.6 is 0 Å². The van der Waals surface area contributed by atoms with Gasteiger partial charge in [0.2, 0.25) is 0 Å². The number of nitrogens with zero attached hydrogens (tertiary/aromatic N) is 3. The molecule has 0 spiro atoms. The van der Waals surface area contributed by atoms with Crippen LogP contribution in [0, 0.1) is 0 Å². The fourth-order valence-electron chi connectivity index (χ4n) is 1.63. The molecule has 82 valence electrons. The summed E-state index contributed by atoms with van der Waals surface area (Å²) in [6, 6.07) is 5.31. The number of aromatic nitrogens is 4. The molecule has 0 aliphatic carbocycles. The first-order chi connectivity index (χ1) is 8.34. The lowest BCUT2D eigenvalue weighted by atomic mass is 10.2. The molecule has 3 aromatic heterocycles. The van der Waals surface area contributed by atoms with Crippen molar-refractivity contribution in [3.63, 3.8) is 0 Å². The van der Waals surface area contributed by atoms with E-state index in [0.717, 1.165) is 5.56 Å². The molecular formula is C12H8N4O. The number of hydrogen-bond acceptors (Lipinski definition) is 4. The van der Waals surface area contributed by atoms with Crippen molar-refractivity contribution in [2.75, 3.05) is 0 Å². The van der Waals surface area contributed by atoms with Crippen molar-refractivity contribution in [1.29, 1.82) is 0 Å². The molecule has 0 amide bonds. The monoisotopic (exact) mass is 224 g/mol. The van der Waals surface area contributed by atoms with E-state index in [-0.39, 0.29) is 5.56 Å². The third kappa shape index (κ3) is 1.67. The summed E-state index contributed by atoms with van der Waals surface area (Å²) in [5.41, 5.74) is 1.28. The van der Waals surface area contributed by atoms with E-state index in [2.05, 4.69) is 19.9 Å². The highest BCUT2D eigenvalue weighted by molar-refractivity contribution is 5.78. The molecule has 3 aromatic rings. The van der Waals surface area contributed by atoms with Crippen LogP contribution in [-0.2, 0) is 0 Å². The van der Waals surface area contributed by atoms with Gasteiger partial charge in [-0.3, -0.25) is 14.8 Å². The van der Waals surface area contributed by atoms with Gasteiger partial charge >= 0.3 is 0 Å². The molecule has 0 saturated heterocycles. The molecule has 17 heavy (non-hydrogen) atoms. The van der Waals surface area contributed by atoms with Gasteiger partial charge in [0.15, 0.2) is 0 Å². The van der Waals surface area contributed by atoms with Crippen molar-refractivity contribution < 1.29 is 0 Å². The van der Waals surface area contributed by atoms with Crippen molar-refractivity contribution in [2.45, 2.75) is 0 Å². The summed E-state index contributed by atoms with van der Waals surface area (Å²) >= 11 is 0. The zero-order chi connectivity index (χ0) is 11.7. The minimum absolute atomic E-state index is 0.185. The molecule has 0 aliphatic heterocycles. The maximum absolute atomic E-state index is 11.8. The Kier molecular flexibility index (Phi) is 2.15. The highest BCUT2D eigenvalue weighted by Gasteiger charge is 2.04. The molecule has 3 heterocycles. The maximum atomic E-state index is 11.8. The van der Waals surface area contributed by atoms with E-state index in [0.29, 0.717) is 16.7 Å². The average Bonchev–Trinajstić information content (AvgIpc) is 2.40. The van der Waals surface area contributed by atoms with E-state index in [1.54, 1.807) is 36.8 Å². The summed E-state index contributed by atoms with van der Waals surface area (Å²) in [7, 11) is 0. The lowest BCUT2D eigenvalue weighted by molar-refractivity contribution is 1.16. The first-order valence-electron chi connectivity index (χ1n) is 5.09. The number of H-pyrrole nitrogens is 1. The van der Waals surface area contributed by atoms with E-state index in [9.17, 15) is 4.79 Å². The van der Waals surface area contributed by atoms with Gasteiger partial charge in [-0.25, -0.2) is 4.98 Å². The summed E-state index contributed by atoms with van der Waals surface area (Å²) in [6.45, 7) is 0. The first-order valence-corrected chi connectivity index (χ1v) is 5.09. The number of hydrogen-bond donors (Lipinski definition) is 1. The Bertz CT molecular complexity index is 721. The fourth-order valence-corrected chi connectivity index (χ4v) is 1.63. The van der Waals surface area contributed by atoms with Gasteiger partial charge in [-0.2, -0.15) is 0 Å². The van der Waals surface area contributed by atoms with Crippen LogP contribution in [0.2, 0.25) is 0 Å². The zero-order valence-corrected chi connectivity index (χ0v) is 8.79. The van der Waals surface area contributed by atoms with Crippen LogP contribution < -0.4 is 5.56 Å². The quantitative estimate of drug-likeness (QED) is 0.677. The normalized spacial score (nSPS) is 10.6. The van der Waals surface area contributed by atoms with E-state index in [1.165, 1.54) is 6.20 Å². The lowest BCUT2D eigenvalue weighted by Crippen LogP contribution is -2.09. The van der Waals surface area contributed by atoms with Crippen molar-refractivity contribution in [1.82, 2.24) is 19.9 Å². The summed E-state index contributed by atoms with van der Waals surface area (Å²) in [5.74, 6) is 0.538. The highest BCUT2D eigenvalue weighted by Crippen LogP contribution is 2.13. The predicted molar refractivity (Wildman–Crippen MR) is 63.4 cm³/mol. The van der Waals surface area contributed by atoms with E-state index in [1.807, 2.05) is 0 Å². The predicted octanol–water partition coefficient (Wildman–Crippen LogP) is 1.38. The van der Waals surface area contributed by atoms with Crippen LogP contribution in [0.1, 0.15) is 0 Å². The van der Waals surface area contributed by atoms with Gasteiger partial charge in [-0.05, 0) is 18.2 Å². The number of rotatable bonds is 1. The summed E-state index contributed by atoms with van der Waals surface area (Å²) in [6.07, 6.45) is 6.45. The van der Waals surface area contributed by atoms with Crippen LogP contribution in [0.4, 0.5) is 0 Å². The molecule has 0 radical (unpaired) electrons. The van der Waals surface area contributed by atoms with Gasteiger partial charge in [-0.15, -0.1) is 0 Å². The van der Waals surface area contributed by atoms with Crippen molar-refractivity contribution in [3.05, 3.63) is 53.3 Å². The topological polar surface area (TPSA) is 71.5 Å². The van der Waals surface area contributed by atoms with E-state index in [4.69, 9.17) is 0 Å². The summed E-state index contributed by atoms with van der Waals surface area (Å²) in [5, 5.41) is 0.491. The largest absolute Gasteiger partial charge is 0.306 e. The van der Waals surface area contributed by atoms with Gasteiger partial charge in [0.25, 0.3) is 5.56 Å². The highest BCUT2D eigenvalue weighted by atomic mass is 16.1. The molecule has 0 atom stereocenters. The molecule has 1 N–H and O–H groups in total. The number of aromatic amines is 1. The van der Waals surface area contributed by atoms with Gasteiger partial charge in [0, 0.05) is 30.4 Å². The molecule has 0 fully saturated rings. The molecule has 5 heteroatoms. The minimum atomic E-state index is -0.185. The first kappa shape index (κ1) is 9.65. The van der Waals surface area contributed by atoms with Gasteiger partial charge in [-0.1, -0.05) is 0 Å². The Labute approximate surface area is 96.2 Å². The lowest BCUT2D eigenvalue weighted by Gasteiger charge is -2.01. The standard InChI is InChI=1S/C12H8N4O/c17-12-9-7-14-6-3-10(9)15-11(16-12)8-1-4-13-5-2-8/h1-7H,(H,15,16,17). The smallest absolute Gasteiger partial charge is 0.260 e. The molecule has 0 aromatic carbocycles. The Morgan fingerprint density at radius 3 is 2.59 bits per heavy atom. The SMILES string of the molecule is O=c1[nH]c(-c2ccncc2)nc2ccncc12. The van der Waals surface area contributed by atoms with Gasteiger partial charge < -0.3 is 4.98 Å². The van der Waals surface area contributed by atoms with Crippen LogP contribution in [-0.4, -0.2) is 19.9 Å². The molecule has 5 nitrogen and oxygen atoms in total. The maximum Gasteiger partial charge on any atom is 0.260 e. The van der Waals surface area contributed by atoms with Crippen LogP contribution in [0.3, 0.4) is 0 Å². The third-order valence-corrected chi connectivity index (χ3v) is 2.46. The molecule has 0 aliphatic rings. The Balaban J connectivity index is 2.30. The Morgan fingerprint density at radius 2 is 1.76 bits per heavy atom. The summed E-state index contributed by atoms with van der Waals surface area (Å²) < 4.78 is 0. The molecule has 0 saturated carbocycles. The average molecular weight is 224 g/mol. The number of pyridine rings is 2. The molecule has 0 bridgehead atoms. The second-order valence-electron chi connectivity index (χ2n) is 3.54. The Morgan fingerprint density at radius 1 is 1.00 bits per heavy atom.